The van der Waals surface area contributed by atoms with Crippen LogP contribution in [-0.4, -0.2) is 17.4 Å². The minimum atomic E-state index is -0.859. The van der Waals surface area contributed by atoms with Gasteiger partial charge in [-0.05, 0) is 0 Å². The maximum Gasteiger partial charge on any atom is 0.308 e. The van der Waals surface area contributed by atoms with Gasteiger partial charge in [0.15, 0.2) is 0 Å². The topological polar surface area (TPSA) is 46.5 Å². The van der Waals surface area contributed by atoms with E-state index in [2.05, 4.69) is 4.74 Å². The third kappa shape index (κ3) is 0.816. The molecule has 1 rings (SSSR count). The van der Waals surface area contributed by atoms with Crippen LogP contribution in [0.4, 0.5) is 0 Å². The molecule has 1 aliphatic heterocycles. The number of hydrogen-bond acceptors (Lipinski definition) is 3. The molecule has 0 spiro atoms. The fourth-order valence-corrected chi connectivity index (χ4v) is 0.663. The number of carbonyl (C=O) groups is 1. The van der Waals surface area contributed by atoms with Crippen molar-refractivity contribution < 1.29 is 14.6 Å². The summed E-state index contributed by atoms with van der Waals surface area (Å²) in [5.74, 6) is -0.326. The van der Waals surface area contributed by atoms with E-state index in [1.165, 1.54) is 0 Å². The largest absolute Gasteiger partial charge is 0.436 e. The third-order valence-electron chi connectivity index (χ3n) is 1.23. The molecule has 3 nitrogen and oxygen atoms in total. The Balaban J connectivity index is 2.51. The van der Waals surface area contributed by atoms with Crippen LogP contribution in [0.25, 0.3) is 0 Å². The molecule has 0 aromatic rings. The van der Waals surface area contributed by atoms with Gasteiger partial charge in [-0.2, -0.15) is 0 Å². The summed E-state index contributed by atoms with van der Waals surface area (Å²) in [5.41, 5.74) is 0. The van der Waals surface area contributed by atoms with E-state index in [-0.39, 0.29) is 11.9 Å². The zero-order valence-corrected chi connectivity index (χ0v) is 4.63. The third-order valence-corrected chi connectivity index (χ3v) is 1.23. The summed E-state index contributed by atoms with van der Waals surface area (Å²) in [6.45, 7) is 1.77. The minimum absolute atomic E-state index is 0.0255. The Kier molecular flexibility index (Phi) is 1.21. The zero-order chi connectivity index (χ0) is 6.15. The summed E-state index contributed by atoms with van der Waals surface area (Å²) < 4.78 is 4.39. The molecule has 46 valence electrons. The van der Waals surface area contributed by atoms with Crippen LogP contribution in [0.15, 0.2) is 0 Å². The van der Waals surface area contributed by atoms with Crippen molar-refractivity contribution in [3.8, 4) is 0 Å². The van der Waals surface area contributed by atoms with E-state index in [0.29, 0.717) is 6.42 Å². The first-order valence-corrected chi connectivity index (χ1v) is 2.57. The Morgan fingerprint density at radius 3 is 2.62 bits per heavy atom. The van der Waals surface area contributed by atoms with E-state index in [4.69, 9.17) is 5.11 Å². The second-order valence-corrected chi connectivity index (χ2v) is 2.06. The van der Waals surface area contributed by atoms with Crippen molar-refractivity contribution in [3.63, 3.8) is 0 Å². The highest BCUT2D eigenvalue weighted by Gasteiger charge is 2.28. The summed E-state index contributed by atoms with van der Waals surface area (Å²) in [6, 6.07) is 0. The molecule has 0 bridgehead atoms. The summed E-state index contributed by atoms with van der Waals surface area (Å²) in [5, 5.41) is 8.73. The molecule has 1 unspecified atom stereocenters. The lowest BCUT2D eigenvalue weighted by Gasteiger charge is -2.02. The maximum atomic E-state index is 10.3. The molecule has 8 heavy (non-hydrogen) atoms. The predicted octanol–water partition coefficient (Wildman–Crippen LogP) is -0.112. The molecule has 0 aromatic carbocycles. The lowest BCUT2D eigenvalue weighted by Crippen LogP contribution is -2.10. The van der Waals surface area contributed by atoms with Crippen molar-refractivity contribution in [1.29, 1.82) is 0 Å². The van der Waals surface area contributed by atoms with E-state index in [1.807, 2.05) is 0 Å². The Morgan fingerprint density at radius 1 is 1.88 bits per heavy atom. The summed E-state index contributed by atoms with van der Waals surface area (Å²) in [6.07, 6.45) is -0.510. The number of cyclic esters (lactones) is 1. The van der Waals surface area contributed by atoms with Crippen LogP contribution in [0.5, 0.6) is 0 Å². The van der Waals surface area contributed by atoms with Crippen molar-refractivity contribution >= 4 is 5.97 Å². The maximum absolute atomic E-state index is 10.3. The Hall–Kier alpha value is -0.570. The quantitative estimate of drug-likeness (QED) is 0.449. The van der Waals surface area contributed by atoms with Crippen LogP contribution < -0.4 is 0 Å². The molecule has 3 heteroatoms. The summed E-state index contributed by atoms with van der Waals surface area (Å²) in [7, 11) is 0. The molecule has 1 N–H and O–H groups in total. The number of esters is 1. The fourth-order valence-electron chi connectivity index (χ4n) is 0.663. The molecule has 1 aliphatic rings. The lowest BCUT2D eigenvalue weighted by atomic mass is 10.1. The first-order chi connectivity index (χ1) is 3.70. The van der Waals surface area contributed by atoms with E-state index in [1.54, 1.807) is 6.92 Å². The summed E-state index contributed by atoms with van der Waals surface area (Å²) >= 11 is 0. The van der Waals surface area contributed by atoms with Gasteiger partial charge in [-0.3, -0.25) is 4.79 Å². The van der Waals surface area contributed by atoms with Gasteiger partial charge in [-0.25, -0.2) is 0 Å². The number of aliphatic hydroxyl groups excluding tert-OH is 1. The van der Waals surface area contributed by atoms with E-state index in [0.717, 1.165) is 0 Å². The summed E-state index contributed by atoms with van der Waals surface area (Å²) in [4.78, 5) is 10.3. The highest BCUT2D eigenvalue weighted by Crippen LogP contribution is 2.18. The van der Waals surface area contributed by atoms with Crippen molar-refractivity contribution in [3.05, 3.63) is 0 Å². The van der Waals surface area contributed by atoms with Gasteiger partial charge in [0.2, 0.25) is 6.29 Å². The van der Waals surface area contributed by atoms with Crippen molar-refractivity contribution in [2.75, 3.05) is 0 Å². The zero-order valence-electron chi connectivity index (χ0n) is 4.63. The van der Waals surface area contributed by atoms with Gasteiger partial charge in [-0.15, -0.1) is 0 Å². The molecule has 0 amide bonds. The van der Waals surface area contributed by atoms with Gasteiger partial charge in [0.1, 0.15) is 0 Å². The molecule has 1 saturated heterocycles. The number of aliphatic hydroxyl groups is 1. The van der Waals surface area contributed by atoms with Crippen LogP contribution in [0.3, 0.4) is 0 Å². The van der Waals surface area contributed by atoms with E-state index >= 15 is 0 Å². The fraction of sp³-hybridized carbons (Fsp3) is 0.800. The lowest BCUT2D eigenvalue weighted by molar-refractivity contribution is -0.155. The molecule has 1 heterocycles. The first-order valence-electron chi connectivity index (χ1n) is 2.57. The Morgan fingerprint density at radius 2 is 2.50 bits per heavy atom. The second kappa shape index (κ2) is 1.74. The van der Waals surface area contributed by atoms with Gasteiger partial charge in [-0.1, -0.05) is 6.92 Å². The highest BCUT2D eigenvalue weighted by atomic mass is 16.6. The first kappa shape index (κ1) is 5.56. The average Bonchev–Trinajstić information content (AvgIpc) is 1.85. The van der Waals surface area contributed by atoms with Crippen molar-refractivity contribution in [1.82, 2.24) is 0 Å². The minimum Gasteiger partial charge on any atom is -0.436 e. The predicted molar refractivity (Wildman–Crippen MR) is 25.9 cm³/mol. The van der Waals surface area contributed by atoms with Gasteiger partial charge < -0.3 is 9.84 Å². The van der Waals surface area contributed by atoms with Crippen molar-refractivity contribution in [2.45, 2.75) is 19.6 Å². The van der Waals surface area contributed by atoms with Crippen molar-refractivity contribution in [2.24, 2.45) is 5.92 Å². The van der Waals surface area contributed by atoms with E-state index in [9.17, 15) is 4.79 Å². The molecule has 0 saturated carbocycles. The standard InChI is InChI=1S/C5H8O3/c1-3-2-4(6)8-5(3)7/h3,5,7H,2H2,1H3/t3-,5?/m0/s1. The van der Waals surface area contributed by atoms with Crippen LogP contribution in [0, 0.1) is 5.92 Å². The van der Waals surface area contributed by atoms with Crippen LogP contribution in [0.1, 0.15) is 13.3 Å². The molecule has 0 aliphatic carbocycles. The molecule has 1 fully saturated rings. The number of rotatable bonds is 0. The number of carbonyl (C=O) groups excluding carboxylic acids is 1. The Bertz CT molecular complexity index is 98.2. The van der Waals surface area contributed by atoms with Crippen LogP contribution in [0.2, 0.25) is 0 Å². The molecule has 0 aromatic heterocycles. The van der Waals surface area contributed by atoms with E-state index < -0.39 is 6.29 Å². The van der Waals surface area contributed by atoms with Crippen LogP contribution in [-0.2, 0) is 9.53 Å². The van der Waals surface area contributed by atoms with Gasteiger partial charge in [0.05, 0.1) is 6.42 Å². The smallest absolute Gasteiger partial charge is 0.308 e. The van der Waals surface area contributed by atoms with Crippen LogP contribution >= 0.6 is 0 Å². The number of ether oxygens (including phenoxy) is 1. The molecule has 2 atom stereocenters. The molecular weight excluding hydrogens is 108 g/mol. The SMILES string of the molecule is C[C@H]1CC(=O)OC1O. The van der Waals surface area contributed by atoms with Gasteiger partial charge >= 0.3 is 5.97 Å². The average molecular weight is 116 g/mol. The normalized spacial score (nSPS) is 37.5. The Labute approximate surface area is 47.3 Å². The second-order valence-electron chi connectivity index (χ2n) is 2.06. The molecule has 0 radical (unpaired) electrons. The highest BCUT2D eigenvalue weighted by molar-refractivity contribution is 5.71. The monoisotopic (exact) mass is 116 g/mol. The molecular formula is C5H8O3. The number of hydrogen-bond donors (Lipinski definition) is 1. The van der Waals surface area contributed by atoms with Gasteiger partial charge in [0, 0.05) is 5.92 Å². The van der Waals surface area contributed by atoms with Gasteiger partial charge in [0.25, 0.3) is 0 Å².